The Labute approximate surface area is 221 Å². The summed E-state index contributed by atoms with van der Waals surface area (Å²) in [6.45, 7) is 8.77. The number of hydrogen-bond donors (Lipinski definition) is 0. The van der Waals surface area contributed by atoms with Gasteiger partial charge in [-0.25, -0.2) is 9.97 Å². The third-order valence-electron chi connectivity index (χ3n) is 6.73. The summed E-state index contributed by atoms with van der Waals surface area (Å²) in [7, 11) is 0. The van der Waals surface area contributed by atoms with Crippen LogP contribution in [0, 0.1) is 6.92 Å². The molecular weight excluding hydrogens is 490 g/mol. The molecule has 0 spiro atoms. The molecule has 1 saturated heterocycles. The SMILES string of the molecule is CCCOc1cc2nc(Cl)nc(N3CCC(n4cnc5ccc(C)cc5c4=O)CC3)c2cc1OCCC. The highest BCUT2D eigenvalue weighted by molar-refractivity contribution is 6.28. The molecule has 0 amide bonds. The molecule has 1 aliphatic heterocycles. The number of anilines is 1. The van der Waals surface area contributed by atoms with Gasteiger partial charge in [0.1, 0.15) is 5.82 Å². The smallest absolute Gasteiger partial charge is 0.261 e. The quantitative estimate of drug-likeness (QED) is 0.274. The fourth-order valence-corrected chi connectivity index (χ4v) is 5.02. The first-order chi connectivity index (χ1) is 18.0. The molecule has 0 radical (unpaired) electrons. The molecule has 4 aromatic rings. The van der Waals surface area contributed by atoms with Crippen molar-refractivity contribution in [3.63, 3.8) is 0 Å². The van der Waals surface area contributed by atoms with Gasteiger partial charge in [0, 0.05) is 30.6 Å². The lowest BCUT2D eigenvalue weighted by molar-refractivity contribution is 0.269. The van der Waals surface area contributed by atoms with Crippen LogP contribution in [0.3, 0.4) is 0 Å². The Morgan fingerprint density at radius 3 is 2.35 bits per heavy atom. The van der Waals surface area contributed by atoms with Gasteiger partial charge >= 0.3 is 0 Å². The van der Waals surface area contributed by atoms with Crippen molar-refractivity contribution in [3.8, 4) is 11.5 Å². The molecule has 194 valence electrons. The number of piperidine rings is 1. The molecule has 8 nitrogen and oxygen atoms in total. The Hall–Kier alpha value is -3.39. The number of ether oxygens (including phenoxy) is 2. The Morgan fingerprint density at radius 2 is 1.65 bits per heavy atom. The maximum Gasteiger partial charge on any atom is 0.261 e. The van der Waals surface area contributed by atoms with Crippen molar-refractivity contribution in [1.82, 2.24) is 19.5 Å². The molecule has 3 heterocycles. The first-order valence-electron chi connectivity index (χ1n) is 13.0. The van der Waals surface area contributed by atoms with Crippen LogP contribution in [-0.4, -0.2) is 45.8 Å². The summed E-state index contributed by atoms with van der Waals surface area (Å²) in [4.78, 5) is 29.1. The maximum atomic E-state index is 13.2. The van der Waals surface area contributed by atoms with Crippen LogP contribution in [0.2, 0.25) is 5.28 Å². The van der Waals surface area contributed by atoms with Gasteiger partial charge in [0.25, 0.3) is 5.56 Å². The number of aromatic nitrogens is 4. The highest BCUT2D eigenvalue weighted by atomic mass is 35.5. The largest absolute Gasteiger partial charge is 0.490 e. The zero-order valence-electron chi connectivity index (χ0n) is 21.5. The molecule has 0 unspecified atom stereocenters. The number of halogens is 1. The summed E-state index contributed by atoms with van der Waals surface area (Å²) >= 11 is 6.36. The van der Waals surface area contributed by atoms with Crippen molar-refractivity contribution in [2.45, 2.75) is 52.5 Å². The van der Waals surface area contributed by atoms with Crippen LogP contribution in [-0.2, 0) is 0 Å². The normalized spacial score (nSPS) is 14.4. The van der Waals surface area contributed by atoms with Crippen LogP contribution in [0.15, 0.2) is 41.5 Å². The minimum absolute atomic E-state index is 0.0139. The van der Waals surface area contributed by atoms with Crippen molar-refractivity contribution in [2.75, 3.05) is 31.2 Å². The minimum Gasteiger partial charge on any atom is -0.490 e. The summed E-state index contributed by atoms with van der Waals surface area (Å²) in [5, 5.41) is 1.73. The summed E-state index contributed by atoms with van der Waals surface area (Å²) in [5.41, 5.74) is 2.52. The molecule has 0 saturated carbocycles. The molecule has 0 bridgehead atoms. The van der Waals surface area contributed by atoms with Crippen molar-refractivity contribution >= 4 is 39.2 Å². The first kappa shape index (κ1) is 25.3. The highest BCUT2D eigenvalue weighted by Gasteiger charge is 2.25. The van der Waals surface area contributed by atoms with E-state index in [1.54, 1.807) is 10.9 Å². The highest BCUT2D eigenvalue weighted by Crippen LogP contribution is 2.37. The van der Waals surface area contributed by atoms with Gasteiger partial charge in [0.15, 0.2) is 11.5 Å². The predicted molar refractivity (Wildman–Crippen MR) is 147 cm³/mol. The molecule has 37 heavy (non-hydrogen) atoms. The molecule has 9 heteroatoms. The van der Waals surface area contributed by atoms with Crippen LogP contribution < -0.4 is 19.9 Å². The topological polar surface area (TPSA) is 82.4 Å². The molecule has 0 atom stereocenters. The third-order valence-corrected chi connectivity index (χ3v) is 6.90. The van der Waals surface area contributed by atoms with Crippen molar-refractivity contribution in [1.29, 1.82) is 0 Å². The molecule has 5 rings (SSSR count). The van der Waals surface area contributed by atoms with Gasteiger partial charge in [-0.2, -0.15) is 4.98 Å². The van der Waals surface area contributed by atoms with E-state index in [0.29, 0.717) is 30.1 Å². The van der Waals surface area contributed by atoms with E-state index in [-0.39, 0.29) is 16.9 Å². The third kappa shape index (κ3) is 5.21. The van der Waals surface area contributed by atoms with Crippen LogP contribution in [0.25, 0.3) is 21.8 Å². The average Bonchev–Trinajstić information content (AvgIpc) is 2.91. The van der Waals surface area contributed by atoms with E-state index < -0.39 is 0 Å². The van der Waals surface area contributed by atoms with E-state index in [4.69, 9.17) is 21.1 Å². The van der Waals surface area contributed by atoms with Crippen molar-refractivity contribution in [3.05, 3.63) is 57.9 Å². The van der Waals surface area contributed by atoms with Gasteiger partial charge in [0.2, 0.25) is 5.28 Å². The Bertz CT molecular complexity index is 1480. The first-order valence-corrected chi connectivity index (χ1v) is 13.4. The van der Waals surface area contributed by atoms with Gasteiger partial charge in [-0.15, -0.1) is 0 Å². The molecule has 0 aliphatic carbocycles. The van der Waals surface area contributed by atoms with E-state index >= 15 is 0 Å². The van der Waals surface area contributed by atoms with Gasteiger partial charge in [-0.05, 0) is 62.4 Å². The summed E-state index contributed by atoms with van der Waals surface area (Å²) in [6.07, 6.45) is 5.06. The van der Waals surface area contributed by atoms with Crippen LogP contribution in [0.4, 0.5) is 5.82 Å². The number of hydrogen-bond acceptors (Lipinski definition) is 7. The van der Waals surface area contributed by atoms with Gasteiger partial charge in [-0.3, -0.25) is 9.36 Å². The number of benzene rings is 2. The molecule has 1 aliphatic rings. The Kier molecular flexibility index (Phi) is 7.46. The maximum absolute atomic E-state index is 13.2. The number of fused-ring (bicyclic) bond motifs is 2. The second-order valence-corrected chi connectivity index (χ2v) is 9.86. The minimum atomic E-state index is 0.0139. The second kappa shape index (κ2) is 10.9. The van der Waals surface area contributed by atoms with E-state index in [2.05, 4.69) is 33.7 Å². The van der Waals surface area contributed by atoms with Crippen molar-refractivity contribution < 1.29 is 9.47 Å². The summed E-state index contributed by atoms with van der Waals surface area (Å²) < 4.78 is 13.8. The standard InChI is InChI=1S/C28H32ClN5O3/c1-4-12-36-24-15-20-23(16-25(24)37-13-5-2)31-28(29)32-26(20)33-10-8-19(9-11-33)34-17-30-22-7-6-18(3)14-21(22)27(34)35/h6-7,14-17,19H,4-5,8-13H2,1-3H3. The lowest BCUT2D eigenvalue weighted by atomic mass is 10.0. The Morgan fingerprint density at radius 1 is 0.946 bits per heavy atom. The number of rotatable bonds is 8. The van der Waals surface area contributed by atoms with E-state index in [9.17, 15) is 4.79 Å². The average molecular weight is 522 g/mol. The van der Waals surface area contributed by atoms with E-state index in [1.807, 2.05) is 37.3 Å². The number of aryl methyl sites for hydroxylation is 1. The van der Waals surface area contributed by atoms with E-state index in [0.717, 1.165) is 66.6 Å². The molecule has 2 aromatic heterocycles. The monoisotopic (exact) mass is 521 g/mol. The fourth-order valence-electron chi connectivity index (χ4n) is 4.85. The Balaban J connectivity index is 1.44. The summed E-state index contributed by atoms with van der Waals surface area (Å²) in [5.74, 6) is 2.13. The van der Waals surface area contributed by atoms with Crippen LogP contribution in [0.1, 0.15) is 51.1 Å². The molecule has 2 aromatic carbocycles. The lowest BCUT2D eigenvalue weighted by Crippen LogP contribution is -2.38. The van der Waals surface area contributed by atoms with Gasteiger partial charge < -0.3 is 14.4 Å². The predicted octanol–water partition coefficient (Wildman–Crippen LogP) is 5.72. The summed E-state index contributed by atoms with van der Waals surface area (Å²) in [6, 6.07) is 9.73. The second-order valence-electron chi connectivity index (χ2n) is 9.53. The zero-order chi connectivity index (χ0) is 25.9. The molecule has 0 N–H and O–H groups in total. The van der Waals surface area contributed by atoms with Gasteiger partial charge in [-0.1, -0.05) is 25.5 Å². The number of nitrogens with zero attached hydrogens (tertiary/aromatic N) is 5. The van der Waals surface area contributed by atoms with Gasteiger partial charge in [0.05, 0.1) is 36.0 Å². The lowest BCUT2D eigenvalue weighted by Gasteiger charge is -2.34. The van der Waals surface area contributed by atoms with Crippen LogP contribution >= 0.6 is 11.6 Å². The zero-order valence-corrected chi connectivity index (χ0v) is 22.3. The molecule has 1 fully saturated rings. The fraction of sp³-hybridized carbons (Fsp3) is 0.429. The van der Waals surface area contributed by atoms with Crippen LogP contribution in [0.5, 0.6) is 11.5 Å². The van der Waals surface area contributed by atoms with Crippen molar-refractivity contribution in [2.24, 2.45) is 0 Å². The van der Waals surface area contributed by atoms with E-state index in [1.165, 1.54) is 0 Å². The molecular formula is C28H32ClN5O3.